The lowest BCUT2D eigenvalue weighted by molar-refractivity contribution is -0.152. The highest BCUT2D eigenvalue weighted by Gasteiger charge is 2.44. The van der Waals surface area contributed by atoms with Gasteiger partial charge in [-0.2, -0.15) is 10.2 Å². The van der Waals surface area contributed by atoms with Gasteiger partial charge < -0.3 is 14.2 Å². The lowest BCUT2D eigenvalue weighted by Crippen LogP contribution is -2.47. The van der Waals surface area contributed by atoms with Crippen LogP contribution in [0.3, 0.4) is 0 Å². The van der Waals surface area contributed by atoms with Crippen molar-refractivity contribution >= 4 is 23.6 Å². The van der Waals surface area contributed by atoms with Gasteiger partial charge in [0.15, 0.2) is 0 Å². The maximum absolute atomic E-state index is 12.4. The minimum absolute atomic E-state index is 0.286. The van der Waals surface area contributed by atoms with Crippen LogP contribution in [0.2, 0.25) is 0 Å². The fraction of sp³-hybridized carbons (Fsp3) is 0.400. The first kappa shape index (κ1) is 24.1. The summed E-state index contributed by atoms with van der Waals surface area (Å²) < 4.78 is 15.5. The van der Waals surface area contributed by atoms with E-state index >= 15 is 0 Å². The predicted molar refractivity (Wildman–Crippen MR) is 121 cm³/mol. The molecular weight excluding hydrogens is 424 g/mol. The smallest absolute Gasteiger partial charge is 0.340 e. The molecule has 0 saturated heterocycles. The van der Waals surface area contributed by atoms with Gasteiger partial charge in [-0.05, 0) is 43.0 Å². The van der Waals surface area contributed by atoms with Gasteiger partial charge in [0.1, 0.15) is 11.6 Å². The molecule has 2 aromatic carbocycles. The lowest BCUT2D eigenvalue weighted by atomic mass is 9.75. The summed E-state index contributed by atoms with van der Waals surface area (Å²) in [5.41, 5.74) is 0.892. The second kappa shape index (κ2) is 10.8. The van der Waals surface area contributed by atoms with Crippen molar-refractivity contribution in [3.05, 3.63) is 65.2 Å². The number of carbonyl (C=O) groups excluding carboxylic acids is 3. The zero-order chi connectivity index (χ0) is 23.8. The minimum atomic E-state index is -0.905. The van der Waals surface area contributed by atoms with E-state index < -0.39 is 29.6 Å². The average molecular weight is 453 g/mol. The Balaban J connectivity index is 2.08. The van der Waals surface area contributed by atoms with Crippen molar-refractivity contribution in [2.45, 2.75) is 50.7 Å². The number of carbonyl (C=O) groups is 3. The van der Waals surface area contributed by atoms with Crippen LogP contribution < -0.4 is 0 Å². The summed E-state index contributed by atoms with van der Waals surface area (Å²) >= 11 is 0. The second-order valence-electron chi connectivity index (χ2n) is 7.98. The van der Waals surface area contributed by atoms with Crippen molar-refractivity contribution in [2.24, 2.45) is 10.2 Å². The van der Waals surface area contributed by atoms with Crippen molar-refractivity contribution in [3.8, 4) is 0 Å². The maximum atomic E-state index is 12.4. The van der Waals surface area contributed by atoms with Gasteiger partial charge in [-0.25, -0.2) is 9.59 Å². The predicted octanol–water partition coefficient (Wildman–Crippen LogP) is 4.83. The molecule has 1 aliphatic carbocycles. The number of methoxy groups -OCH3 is 2. The third kappa shape index (κ3) is 5.63. The summed E-state index contributed by atoms with van der Waals surface area (Å²) in [5.74, 6) is -1.37. The molecule has 0 radical (unpaired) electrons. The van der Waals surface area contributed by atoms with Gasteiger partial charge in [-0.3, -0.25) is 4.79 Å². The number of ether oxygens (including phenoxy) is 3. The minimum Gasteiger partial charge on any atom is -0.465 e. The Kier molecular flexibility index (Phi) is 7.92. The Hall–Kier alpha value is -3.55. The summed E-state index contributed by atoms with van der Waals surface area (Å²) in [4.78, 5) is 36.4. The first-order valence-corrected chi connectivity index (χ1v) is 10.8. The number of rotatable bonds is 7. The molecule has 2 atom stereocenters. The largest absolute Gasteiger partial charge is 0.465 e. The van der Waals surface area contributed by atoms with Gasteiger partial charge >= 0.3 is 17.9 Å². The van der Waals surface area contributed by atoms with Gasteiger partial charge in [0.05, 0.1) is 31.0 Å². The van der Waals surface area contributed by atoms with E-state index in [-0.39, 0.29) is 5.56 Å². The van der Waals surface area contributed by atoms with E-state index in [9.17, 15) is 14.4 Å². The molecule has 2 aromatic rings. The van der Waals surface area contributed by atoms with Gasteiger partial charge in [0.25, 0.3) is 0 Å². The Morgan fingerprint density at radius 2 is 1.58 bits per heavy atom. The molecule has 1 fully saturated rings. The molecule has 33 heavy (non-hydrogen) atoms. The van der Waals surface area contributed by atoms with Crippen LogP contribution in [0, 0.1) is 0 Å². The summed E-state index contributed by atoms with van der Waals surface area (Å²) in [7, 11) is 2.64. The van der Waals surface area contributed by atoms with Gasteiger partial charge in [-0.1, -0.05) is 36.8 Å². The van der Waals surface area contributed by atoms with Crippen molar-refractivity contribution < 1.29 is 28.6 Å². The van der Waals surface area contributed by atoms with Crippen molar-refractivity contribution in [2.75, 3.05) is 14.2 Å². The van der Waals surface area contributed by atoms with Gasteiger partial charge in [0, 0.05) is 13.3 Å². The van der Waals surface area contributed by atoms with Gasteiger partial charge in [-0.15, -0.1) is 0 Å². The molecule has 0 spiro atoms. The molecule has 8 nitrogen and oxygen atoms in total. The summed E-state index contributed by atoms with van der Waals surface area (Å²) in [6.45, 7) is 1.37. The standard InChI is InChI=1S/C25H28N2O6/c1-17(28)33-22-14-8-9-15-25(22,16-18-10-4-5-11-19(18)23(29)31-2)27-26-21-13-7-6-12-20(21)24(30)32-3/h4-7,10-13,22H,8-9,14-16H2,1-3H3. The lowest BCUT2D eigenvalue weighted by Gasteiger charge is -2.39. The van der Waals surface area contributed by atoms with Crippen LogP contribution in [0.5, 0.6) is 0 Å². The molecule has 174 valence electrons. The average Bonchev–Trinajstić information content (AvgIpc) is 2.83. The molecule has 0 N–H and O–H groups in total. The maximum Gasteiger partial charge on any atom is 0.340 e. The normalized spacial score (nSPS) is 20.3. The van der Waals surface area contributed by atoms with E-state index in [1.807, 2.05) is 12.1 Å². The highest BCUT2D eigenvalue weighted by molar-refractivity contribution is 5.94. The second-order valence-corrected chi connectivity index (χ2v) is 7.98. The van der Waals surface area contributed by atoms with E-state index in [4.69, 9.17) is 19.3 Å². The third-order valence-corrected chi connectivity index (χ3v) is 5.82. The Morgan fingerprint density at radius 1 is 0.939 bits per heavy atom. The molecule has 1 saturated carbocycles. The molecule has 0 aliphatic heterocycles. The molecule has 0 bridgehead atoms. The number of azo groups is 1. The van der Waals surface area contributed by atoms with E-state index in [1.165, 1.54) is 21.1 Å². The topological polar surface area (TPSA) is 104 Å². The van der Waals surface area contributed by atoms with Crippen LogP contribution in [-0.4, -0.2) is 43.8 Å². The molecular formula is C25H28N2O6. The number of nitrogens with zero attached hydrogens (tertiary/aromatic N) is 2. The zero-order valence-electron chi connectivity index (χ0n) is 19.1. The molecule has 1 aliphatic rings. The van der Waals surface area contributed by atoms with E-state index in [0.717, 1.165) is 18.4 Å². The zero-order valence-corrected chi connectivity index (χ0v) is 19.1. The number of hydrogen-bond donors (Lipinski definition) is 0. The van der Waals surface area contributed by atoms with Crippen LogP contribution in [0.25, 0.3) is 0 Å². The Bertz CT molecular complexity index is 1050. The Morgan fingerprint density at radius 3 is 2.27 bits per heavy atom. The summed E-state index contributed by atoms with van der Waals surface area (Å²) in [5, 5.41) is 9.14. The van der Waals surface area contributed by atoms with Crippen molar-refractivity contribution in [3.63, 3.8) is 0 Å². The van der Waals surface area contributed by atoms with Crippen LogP contribution in [0.1, 0.15) is 58.9 Å². The van der Waals surface area contributed by atoms with Crippen LogP contribution in [0.15, 0.2) is 58.8 Å². The quantitative estimate of drug-likeness (QED) is 0.339. The highest BCUT2D eigenvalue weighted by Crippen LogP contribution is 2.39. The van der Waals surface area contributed by atoms with E-state index in [2.05, 4.69) is 5.11 Å². The fourth-order valence-electron chi connectivity index (χ4n) is 4.22. The first-order valence-electron chi connectivity index (χ1n) is 10.8. The summed E-state index contributed by atoms with van der Waals surface area (Å²) in [6, 6.07) is 13.9. The van der Waals surface area contributed by atoms with Crippen LogP contribution >= 0.6 is 0 Å². The molecule has 3 rings (SSSR count). The monoisotopic (exact) mass is 452 g/mol. The third-order valence-electron chi connectivity index (χ3n) is 5.82. The SMILES string of the molecule is COC(=O)c1ccccc1CC1(N=Nc2ccccc2C(=O)OC)CCCCC1OC(C)=O. The Labute approximate surface area is 192 Å². The summed E-state index contributed by atoms with van der Waals surface area (Å²) in [6.07, 6.45) is 2.76. The fourth-order valence-corrected chi connectivity index (χ4v) is 4.22. The molecule has 2 unspecified atom stereocenters. The molecule has 0 heterocycles. The van der Waals surface area contributed by atoms with Crippen LogP contribution in [0.4, 0.5) is 5.69 Å². The van der Waals surface area contributed by atoms with Crippen LogP contribution in [-0.2, 0) is 25.4 Å². The number of benzene rings is 2. The molecule has 8 heteroatoms. The molecule has 0 amide bonds. The van der Waals surface area contributed by atoms with Crippen molar-refractivity contribution in [1.82, 2.24) is 0 Å². The number of hydrogen-bond acceptors (Lipinski definition) is 8. The van der Waals surface area contributed by atoms with E-state index in [1.54, 1.807) is 36.4 Å². The highest BCUT2D eigenvalue weighted by atomic mass is 16.5. The molecule has 0 aromatic heterocycles. The van der Waals surface area contributed by atoms with E-state index in [0.29, 0.717) is 30.5 Å². The van der Waals surface area contributed by atoms with Gasteiger partial charge in [0.2, 0.25) is 0 Å². The van der Waals surface area contributed by atoms with Crippen molar-refractivity contribution in [1.29, 1.82) is 0 Å². The number of esters is 3. The first-order chi connectivity index (χ1) is 15.9.